The van der Waals surface area contributed by atoms with Crippen molar-refractivity contribution in [3.63, 3.8) is 0 Å². The van der Waals surface area contributed by atoms with E-state index in [1.54, 1.807) is 37.1 Å². The summed E-state index contributed by atoms with van der Waals surface area (Å²) in [4.78, 5) is 12.5. The minimum atomic E-state index is -1.05. The van der Waals surface area contributed by atoms with Gasteiger partial charge in [0.25, 0.3) is 0 Å². The van der Waals surface area contributed by atoms with E-state index in [9.17, 15) is 13.6 Å². The molecule has 5 nitrogen and oxygen atoms in total. The van der Waals surface area contributed by atoms with Crippen LogP contribution in [0, 0.1) is 11.6 Å². The molecule has 0 aliphatic rings. The van der Waals surface area contributed by atoms with E-state index in [0.29, 0.717) is 5.16 Å². The van der Waals surface area contributed by atoms with Crippen LogP contribution in [0.2, 0.25) is 0 Å². The highest BCUT2D eigenvalue weighted by molar-refractivity contribution is 8.00. The fourth-order valence-corrected chi connectivity index (χ4v) is 3.24. The number of carbonyl (C=O) groups is 1. The van der Waals surface area contributed by atoms with Gasteiger partial charge in [0.1, 0.15) is 12.1 Å². The van der Waals surface area contributed by atoms with Crippen LogP contribution in [0.25, 0.3) is 5.69 Å². The number of nitrogens with zero attached hydrogens (tertiary/aromatic N) is 3. The van der Waals surface area contributed by atoms with E-state index in [4.69, 9.17) is 4.74 Å². The maximum absolute atomic E-state index is 13.4. The standard InChI is InChI=1S/C18H15F2N3O2S/c1-11(17(24)12-3-8-15(19)16(20)9-12)26-18-22-21-10-23(18)13-4-6-14(25-2)7-5-13/h3-11H,1-2H3. The lowest BCUT2D eigenvalue weighted by atomic mass is 10.1. The second kappa shape index (κ2) is 7.65. The number of rotatable bonds is 6. The highest BCUT2D eigenvalue weighted by Gasteiger charge is 2.21. The van der Waals surface area contributed by atoms with Crippen LogP contribution >= 0.6 is 11.8 Å². The maximum Gasteiger partial charge on any atom is 0.196 e. The normalized spacial score (nSPS) is 12.0. The van der Waals surface area contributed by atoms with Crippen molar-refractivity contribution in [2.24, 2.45) is 0 Å². The van der Waals surface area contributed by atoms with Gasteiger partial charge in [0.15, 0.2) is 22.6 Å². The smallest absolute Gasteiger partial charge is 0.196 e. The van der Waals surface area contributed by atoms with E-state index >= 15 is 0 Å². The van der Waals surface area contributed by atoms with Crippen LogP contribution in [0.1, 0.15) is 17.3 Å². The summed E-state index contributed by atoms with van der Waals surface area (Å²) < 4.78 is 33.3. The van der Waals surface area contributed by atoms with Crippen molar-refractivity contribution in [1.29, 1.82) is 0 Å². The van der Waals surface area contributed by atoms with Gasteiger partial charge in [0.05, 0.1) is 12.4 Å². The molecule has 3 rings (SSSR count). The number of carbonyl (C=O) groups excluding carboxylic acids is 1. The zero-order valence-electron chi connectivity index (χ0n) is 14.0. The topological polar surface area (TPSA) is 57.0 Å². The van der Waals surface area contributed by atoms with E-state index < -0.39 is 16.9 Å². The summed E-state index contributed by atoms with van der Waals surface area (Å²) in [5.74, 6) is -1.63. The molecular weight excluding hydrogens is 360 g/mol. The third-order valence-electron chi connectivity index (χ3n) is 3.72. The van der Waals surface area contributed by atoms with Gasteiger partial charge in [-0.2, -0.15) is 0 Å². The Bertz CT molecular complexity index is 928. The molecule has 2 aromatic carbocycles. The number of hydrogen-bond acceptors (Lipinski definition) is 5. The van der Waals surface area contributed by atoms with Crippen LogP contribution < -0.4 is 4.74 Å². The fraction of sp³-hybridized carbons (Fsp3) is 0.167. The van der Waals surface area contributed by atoms with Gasteiger partial charge in [-0.3, -0.25) is 9.36 Å². The van der Waals surface area contributed by atoms with Crippen LogP contribution in [-0.2, 0) is 0 Å². The first-order valence-electron chi connectivity index (χ1n) is 7.70. The molecule has 0 radical (unpaired) electrons. The predicted octanol–water partition coefficient (Wildman–Crippen LogP) is 3.92. The lowest BCUT2D eigenvalue weighted by Gasteiger charge is -2.11. The van der Waals surface area contributed by atoms with Gasteiger partial charge in [-0.1, -0.05) is 11.8 Å². The largest absolute Gasteiger partial charge is 0.497 e. The van der Waals surface area contributed by atoms with Gasteiger partial charge in [-0.05, 0) is 49.4 Å². The second-order valence-corrected chi connectivity index (χ2v) is 6.74. The molecule has 0 amide bonds. The van der Waals surface area contributed by atoms with E-state index in [-0.39, 0.29) is 11.3 Å². The number of ketones is 1. The number of Topliss-reactive ketones (excluding diaryl/α,β-unsaturated/α-hetero) is 1. The Balaban J connectivity index is 1.79. The van der Waals surface area contributed by atoms with E-state index in [1.807, 2.05) is 12.1 Å². The lowest BCUT2D eigenvalue weighted by Crippen LogP contribution is -2.15. The SMILES string of the molecule is COc1ccc(-n2cnnc2SC(C)C(=O)c2ccc(F)c(F)c2)cc1. The van der Waals surface area contributed by atoms with Crippen molar-refractivity contribution in [3.05, 3.63) is 66.0 Å². The van der Waals surface area contributed by atoms with Gasteiger partial charge in [-0.15, -0.1) is 10.2 Å². The first kappa shape index (κ1) is 18.1. The predicted molar refractivity (Wildman–Crippen MR) is 93.9 cm³/mol. The summed E-state index contributed by atoms with van der Waals surface area (Å²) in [6.45, 7) is 1.68. The Morgan fingerprint density at radius 1 is 1.15 bits per heavy atom. The zero-order chi connectivity index (χ0) is 18.7. The van der Waals surface area contributed by atoms with Gasteiger partial charge < -0.3 is 4.74 Å². The first-order chi connectivity index (χ1) is 12.5. The molecule has 0 saturated heterocycles. The molecule has 0 saturated carbocycles. The average Bonchev–Trinajstić information content (AvgIpc) is 3.11. The Kier molecular flexibility index (Phi) is 5.32. The van der Waals surface area contributed by atoms with Crippen LogP contribution in [-0.4, -0.2) is 32.9 Å². The van der Waals surface area contributed by atoms with E-state index in [1.165, 1.54) is 17.8 Å². The first-order valence-corrected chi connectivity index (χ1v) is 8.58. The van der Waals surface area contributed by atoms with Crippen molar-refractivity contribution in [2.45, 2.75) is 17.3 Å². The summed E-state index contributed by atoms with van der Waals surface area (Å²) >= 11 is 1.19. The molecule has 3 aromatic rings. The maximum atomic E-state index is 13.4. The van der Waals surface area contributed by atoms with Crippen molar-refractivity contribution in [3.8, 4) is 11.4 Å². The number of halogens is 2. The highest BCUT2D eigenvalue weighted by Crippen LogP contribution is 2.27. The van der Waals surface area contributed by atoms with Crippen LogP contribution in [0.3, 0.4) is 0 Å². The summed E-state index contributed by atoms with van der Waals surface area (Å²) in [6.07, 6.45) is 1.54. The van der Waals surface area contributed by atoms with Crippen LogP contribution in [0.4, 0.5) is 8.78 Å². The summed E-state index contributed by atoms with van der Waals surface area (Å²) in [6, 6.07) is 10.4. The zero-order valence-corrected chi connectivity index (χ0v) is 14.8. The molecule has 0 aliphatic carbocycles. The molecule has 0 bridgehead atoms. The van der Waals surface area contributed by atoms with E-state index in [0.717, 1.165) is 23.6 Å². The summed E-state index contributed by atoms with van der Waals surface area (Å²) in [5.41, 5.74) is 0.921. The Labute approximate surface area is 153 Å². The van der Waals surface area contributed by atoms with E-state index in [2.05, 4.69) is 10.2 Å². The van der Waals surface area contributed by atoms with Crippen molar-refractivity contribution >= 4 is 17.5 Å². The summed E-state index contributed by atoms with van der Waals surface area (Å²) in [7, 11) is 1.58. The van der Waals surface area contributed by atoms with Crippen molar-refractivity contribution < 1.29 is 18.3 Å². The Morgan fingerprint density at radius 2 is 1.88 bits per heavy atom. The molecular formula is C18H15F2N3O2S. The molecule has 1 aromatic heterocycles. The van der Waals surface area contributed by atoms with Gasteiger partial charge in [0.2, 0.25) is 0 Å². The number of ether oxygens (including phenoxy) is 1. The number of benzene rings is 2. The third-order valence-corrected chi connectivity index (χ3v) is 4.78. The second-order valence-electron chi connectivity index (χ2n) is 5.43. The molecule has 0 aliphatic heterocycles. The van der Waals surface area contributed by atoms with Crippen molar-refractivity contribution in [2.75, 3.05) is 7.11 Å². The summed E-state index contributed by atoms with van der Waals surface area (Å²) in [5, 5.41) is 7.89. The monoisotopic (exact) mass is 375 g/mol. The molecule has 134 valence electrons. The molecule has 1 unspecified atom stereocenters. The number of thioether (sulfide) groups is 1. The minimum Gasteiger partial charge on any atom is -0.497 e. The molecule has 26 heavy (non-hydrogen) atoms. The number of hydrogen-bond donors (Lipinski definition) is 0. The quantitative estimate of drug-likeness (QED) is 0.483. The Morgan fingerprint density at radius 3 is 2.54 bits per heavy atom. The lowest BCUT2D eigenvalue weighted by molar-refractivity contribution is 0.0993. The molecule has 0 N–H and O–H groups in total. The van der Waals surface area contributed by atoms with Gasteiger partial charge in [0, 0.05) is 11.3 Å². The number of methoxy groups -OCH3 is 1. The minimum absolute atomic E-state index is 0.111. The fourth-order valence-electron chi connectivity index (χ4n) is 2.32. The molecule has 1 heterocycles. The molecule has 8 heteroatoms. The Hall–Kier alpha value is -2.74. The van der Waals surface area contributed by atoms with Crippen molar-refractivity contribution in [1.82, 2.24) is 14.8 Å². The van der Waals surface area contributed by atoms with Gasteiger partial charge >= 0.3 is 0 Å². The number of aromatic nitrogens is 3. The average molecular weight is 375 g/mol. The van der Waals surface area contributed by atoms with Crippen LogP contribution in [0.5, 0.6) is 5.75 Å². The highest BCUT2D eigenvalue weighted by atomic mass is 32.2. The molecule has 0 spiro atoms. The van der Waals surface area contributed by atoms with Crippen LogP contribution in [0.15, 0.2) is 53.9 Å². The van der Waals surface area contributed by atoms with Gasteiger partial charge in [-0.25, -0.2) is 8.78 Å². The third kappa shape index (κ3) is 3.75. The molecule has 0 fully saturated rings. The molecule has 1 atom stereocenters.